The van der Waals surface area contributed by atoms with Crippen LogP contribution in [0.25, 0.3) is 5.57 Å². The molecule has 0 atom stereocenters. The molecule has 0 aromatic heterocycles. The van der Waals surface area contributed by atoms with E-state index < -0.39 is 0 Å². The predicted molar refractivity (Wildman–Crippen MR) is 83.1 cm³/mol. The fourth-order valence-corrected chi connectivity index (χ4v) is 0.723. The Kier molecular flexibility index (Phi) is 24.5. The van der Waals surface area contributed by atoms with Crippen LogP contribution in [0, 0.1) is 0 Å². The third-order valence-electron chi connectivity index (χ3n) is 1.47. The van der Waals surface area contributed by atoms with Crippen molar-refractivity contribution in [2.45, 2.75) is 34.6 Å². The van der Waals surface area contributed by atoms with Gasteiger partial charge in [-0.3, -0.25) is 0 Å². The van der Waals surface area contributed by atoms with Gasteiger partial charge in [-0.1, -0.05) is 76.8 Å². The summed E-state index contributed by atoms with van der Waals surface area (Å²) in [7, 11) is 1.81. The van der Waals surface area contributed by atoms with Crippen LogP contribution in [0.3, 0.4) is 0 Å². The Morgan fingerprint density at radius 1 is 1.06 bits per heavy atom. The zero-order chi connectivity index (χ0) is 14.1. The molecule has 0 amide bonds. The Morgan fingerprint density at radius 2 is 1.41 bits per heavy atom. The Balaban J connectivity index is -0.000000208. The second kappa shape index (κ2) is 20.0. The molecule has 1 nitrogen and oxygen atoms in total. The van der Waals surface area contributed by atoms with Crippen molar-refractivity contribution in [1.82, 2.24) is 5.32 Å². The first-order chi connectivity index (χ1) is 8.22. The van der Waals surface area contributed by atoms with Crippen LogP contribution in [0.5, 0.6) is 0 Å². The lowest BCUT2D eigenvalue weighted by Crippen LogP contribution is -1.87. The standard InChI is InChI=1S/C9H10.C3H7N.2C2H6/c1-8(2)9-6-4-3-5-7-9;1-3-4-2;2*1-2/h3-7H,1H2,2H3;3-4H,1H2,2H3;2*1-2H3. The van der Waals surface area contributed by atoms with E-state index in [2.05, 4.69) is 30.6 Å². The van der Waals surface area contributed by atoms with Crippen molar-refractivity contribution in [2.75, 3.05) is 7.05 Å². The van der Waals surface area contributed by atoms with Gasteiger partial charge in [-0.25, -0.2) is 0 Å². The topological polar surface area (TPSA) is 12.0 Å². The first-order valence-electron chi connectivity index (χ1n) is 6.21. The normalized spacial score (nSPS) is 6.71. The second-order valence-corrected chi connectivity index (χ2v) is 2.64. The highest BCUT2D eigenvalue weighted by molar-refractivity contribution is 5.60. The fourth-order valence-electron chi connectivity index (χ4n) is 0.723. The van der Waals surface area contributed by atoms with Gasteiger partial charge in [-0.05, 0) is 18.7 Å². The van der Waals surface area contributed by atoms with Crippen molar-refractivity contribution >= 4 is 5.57 Å². The lowest BCUT2D eigenvalue weighted by atomic mass is 10.1. The van der Waals surface area contributed by atoms with Gasteiger partial charge < -0.3 is 5.32 Å². The van der Waals surface area contributed by atoms with Gasteiger partial charge >= 0.3 is 0 Å². The average Bonchev–Trinajstić information content (AvgIpc) is 2.44. The van der Waals surface area contributed by atoms with Gasteiger partial charge in [-0.2, -0.15) is 0 Å². The lowest BCUT2D eigenvalue weighted by Gasteiger charge is -1.94. The van der Waals surface area contributed by atoms with E-state index in [9.17, 15) is 0 Å². The molecule has 0 saturated heterocycles. The molecule has 1 rings (SSSR count). The molecule has 0 bridgehead atoms. The highest BCUT2D eigenvalue weighted by Gasteiger charge is 1.86. The van der Waals surface area contributed by atoms with E-state index in [1.54, 1.807) is 6.20 Å². The van der Waals surface area contributed by atoms with Crippen LogP contribution in [-0.4, -0.2) is 7.05 Å². The van der Waals surface area contributed by atoms with Crippen molar-refractivity contribution in [2.24, 2.45) is 0 Å². The maximum atomic E-state index is 3.83. The van der Waals surface area contributed by atoms with Crippen LogP contribution >= 0.6 is 0 Å². The van der Waals surface area contributed by atoms with Crippen molar-refractivity contribution in [1.29, 1.82) is 0 Å². The molecule has 1 heteroatoms. The molecule has 0 heterocycles. The summed E-state index contributed by atoms with van der Waals surface area (Å²) in [5, 5.41) is 2.69. The van der Waals surface area contributed by atoms with Gasteiger partial charge in [0, 0.05) is 7.05 Å². The van der Waals surface area contributed by atoms with E-state index in [0.29, 0.717) is 0 Å². The number of rotatable bonds is 2. The van der Waals surface area contributed by atoms with Crippen LogP contribution in [0.2, 0.25) is 0 Å². The van der Waals surface area contributed by atoms with Gasteiger partial charge in [0.05, 0.1) is 0 Å². The molecule has 0 aliphatic rings. The van der Waals surface area contributed by atoms with Crippen LogP contribution in [0.15, 0.2) is 49.7 Å². The number of hydrogen-bond donors (Lipinski definition) is 1. The van der Waals surface area contributed by atoms with Crippen molar-refractivity contribution in [3.8, 4) is 0 Å². The summed E-state index contributed by atoms with van der Waals surface area (Å²) < 4.78 is 0. The third kappa shape index (κ3) is 17.1. The summed E-state index contributed by atoms with van der Waals surface area (Å²) in [5.74, 6) is 0. The number of nitrogens with one attached hydrogen (secondary N) is 1. The van der Waals surface area contributed by atoms with Gasteiger partial charge in [0.15, 0.2) is 0 Å². The van der Waals surface area contributed by atoms with Crippen molar-refractivity contribution < 1.29 is 0 Å². The van der Waals surface area contributed by atoms with Crippen molar-refractivity contribution in [3.05, 3.63) is 55.3 Å². The Bertz CT molecular complexity index is 249. The molecule has 0 aliphatic heterocycles. The zero-order valence-corrected chi connectivity index (χ0v) is 12.4. The van der Waals surface area contributed by atoms with Gasteiger partial charge in [-0.15, -0.1) is 0 Å². The third-order valence-corrected chi connectivity index (χ3v) is 1.47. The minimum absolute atomic E-state index is 1.12. The minimum Gasteiger partial charge on any atom is -0.394 e. The molecule has 0 saturated carbocycles. The molecule has 1 aromatic rings. The summed E-state index contributed by atoms with van der Waals surface area (Å²) in [6, 6.07) is 10.2. The first kappa shape index (κ1) is 20.9. The predicted octanol–water partition coefficient (Wildman–Crippen LogP) is 5.12. The van der Waals surface area contributed by atoms with Gasteiger partial charge in [0.1, 0.15) is 0 Å². The van der Waals surface area contributed by atoms with E-state index in [1.165, 1.54) is 5.56 Å². The number of hydrogen-bond acceptors (Lipinski definition) is 1. The molecule has 0 unspecified atom stereocenters. The molecule has 17 heavy (non-hydrogen) atoms. The largest absolute Gasteiger partial charge is 0.394 e. The Hall–Kier alpha value is -1.50. The monoisotopic (exact) mass is 235 g/mol. The van der Waals surface area contributed by atoms with E-state index in [-0.39, 0.29) is 0 Å². The smallest absolute Gasteiger partial charge is 0.00275 e. The average molecular weight is 235 g/mol. The summed E-state index contributed by atoms with van der Waals surface area (Å²) in [4.78, 5) is 0. The zero-order valence-electron chi connectivity index (χ0n) is 12.4. The van der Waals surface area contributed by atoms with E-state index in [1.807, 2.05) is 59.9 Å². The van der Waals surface area contributed by atoms with Crippen LogP contribution in [0.4, 0.5) is 0 Å². The summed E-state index contributed by atoms with van der Waals surface area (Å²) >= 11 is 0. The molecule has 0 radical (unpaired) electrons. The quantitative estimate of drug-likeness (QED) is 0.750. The molecule has 0 aliphatic carbocycles. The maximum Gasteiger partial charge on any atom is 0.00275 e. The highest BCUT2D eigenvalue weighted by atomic mass is 14.8. The first-order valence-corrected chi connectivity index (χ1v) is 6.21. The second-order valence-electron chi connectivity index (χ2n) is 2.64. The highest BCUT2D eigenvalue weighted by Crippen LogP contribution is 2.08. The van der Waals surface area contributed by atoms with E-state index in [4.69, 9.17) is 0 Å². The van der Waals surface area contributed by atoms with E-state index in [0.717, 1.165) is 5.57 Å². The molecule has 1 N–H and O–H groups in total. The SMILES string of the molecule is C=C(C)c1ccccc1.C=CNC.CC.CC. The molecule has 0 fully saturated rings. The fraction of sp³-hybridized carbons (Fsp3) is 0.375. The van der Waals surface area contributed by atoms with Crippen LogP contribution in [-0.2, 0) is 0 Å². The lowest BCUT2D eigenvalue weighted by molar-refractivity contribution is 1.11. The molecule has 1 aromatic carbocycles. The summed E-state index contributed by atoms with van der Waals surface area (Å²) in [5.41, 5.74) is 2.34. The maximum absolute atomic E-state index is 3.83. The molecular formula is C16H29N. The van der Waals surface area contributed by atoms with Crippen LogP contribution < -0.4 is 5.32 Å². The van der Waals surface area contributed by atoms with E-state index >= 15 is 0 Å². The summed E-state index contributed by atoms with van der Waals surface area (Å²) in [6.07, 6.45) is 1.62. The van der Waals surface area contributed by atoms with Gasteiger partial charge in [0.25, 0.3) is 0 Å². The summed E-state index contributed by atoms with van der Waals surface area (Å²) in [6.45, 7) is 17.2. The van der Waals surface area contributed by atoms with Gasteiger partial charge in [0.2, 0.25) is 0 Å². The molecule has 98 valence electrons. The number of allylic oxidation sites excluding steroid dienone is 1. The van der Waals surface area contributed by atoms with Crippen molar-refractivity contribution in [3.63, 3.8) is 0 Å². The number of benzene rings is 1. The Morgan fingerprint density at radius 3 is 1.59 bits per heavy atom. The van der Waals surface area contributed by atoms with Crippen LogP contribution in [0.1, 0.15) is 40.2 Å². The molecular weight excluding hydrogens is 206 g/mol. The molecule has 0 spiro atoms. The Labute approximate surface area is 108 Å². The minimum atomic E-state index is 1.12.